The highest BCUT2D eigenvalue weighted by molar-refractivity contribution is 8.00. The lowest BCUT2D eigenvalue weighted by Crippen LogP contribution is -2.11. The van der Waals surface area contributed by atoms with Gasteiger partial charge in [-0.3, -0.25) is 0 Å². The van der Waals surface area contributed by atoms with Gasteiger partial charge in [-0.05, 0) is 30.4 Å². The summed E-state index contributed by atoms with van der Waals surface area (Å²) in [5.74, 6) is 0. The van der Waals surface area contributed by atoms with E-state index < -0.39 is 5.51 Å². The van der Waals surface area contributed by atoms with Gasteiger partial charge in [0, 0.05) is 22.4 Å². The number of nitrogens with zero attached hydrogens (tertiary/aromatic N) is 1. The lowest BCUT2D eigenvalue weighted by molar-refractivity contribution is -0.0328. The molecule has 0 aliphatic heterocycles. The van der Waals surface area contributed by atoms with Crippen LogP contribution in [-0.4, -0.2) is 17.0 Å². The van der Waals surface area contributed by atoms with E-state index in [2.05, 4.69) is 10.3 Å². The number of thiazole rings is 1. The van der Waals surface area contributed by atoms with E-state index in [4.69, 9.17) is 0 Å². The van der Waals surface area contributed by atoms with Gasteiger partial charge in [-0.1, -0.05) is 19.1 Å². The summed E-state index contributed by atoms with van der Waals surface area (Å²) in [7, 11) is 0. The standard InChI is InChI=1S/C13H13F3N2S2/c1-2-17-7-10-8-19-12(18-10)9-3-5-11(6-4-9)20-13(14,15)16/h3-6,8,17H,2,7H2,1H3. The van der Waals surface area contributed by atoms with E-state index in [0.29, 0.717) is 6.54 Å². The van der Waals surface area contributed by atoms with E-state index in [1.807, 2.05) is 12.3 Å². The van der Waals surface area contributed by atoms with E-state index in [1.165, 1.54) is 23.5 Å². The summed E-state index contributed by atoms with van der Waals surface area (Å²) < 4.78 is 36.7. The summed E-state index contributed by atoms with van der Waals surface area (Å²) in [6.45, 7) is 3.59. The molecule has 0 aliphatic rings. The van der Waals surface area contributed by atoms with Crippen LogP contribution in [0.25, 0.3) is 10.6 Å². The van der Waals surface area contributed by atoms with Gasteiger partial charge in [0.05, 0.1) is 5.69 Å². The van der Waals surface area contributed by atoms with Crippen LogP contribution in [0.1, 0.15) is 12.6 Å². The quantitative estimate of drug-likeness (QED) is 0.820. The Morgan fingerprint density at radius 1 is 1.25 bits per heavy atom. The molecule has 0 aliphatic carbocycles. The average Bonchev–Trinajstić information content (AvgIpc) is 2.84. The van der Waals surface area contributed by atoms with Crippen molar-refractivity contribution in [2.75, 3.05) is 6.54 Å². The van der Waals surface area contributed by atoms with Crippen molar-refractivity contribution in [1.29, 1.82) is 0 Å². The molecule has 20 heavy (non-hydrogen) atoms. The van der Waals surface area contributed by atoms with Crippen molar-refractivity contribution in [2.45, 2.75) is 23.9 Å². The van der Waals surface area contributed by atoms with E-state index in [1.54, 1.807) is 12.1 Å². The fraction of sp³-hybridized carbons (Fsp3) is 0.308. The molecule has 0 unspecified atom stereocenters. The fourth-order valence-corrected chi connectivity index (χ4v) is 2.94. The Labute approximate surface area is 123 Å². The first-order valence-electron chi connectivity index (χ1n) is 5.99. The highest BCUT2D eigenvalue weighted by Crippen LogP contribution is 2.37. The van der Waals surface area contributed by atoms with Crippen molar-refractivity contribution in [3.8, 4) is 10.6 Å². The molecule has 0 spiro atoms. The van der Waals surface area contributed by atoms with Gasteiger partial charge in [0.1, 0.15) is 5.01 Å². The normalized spacial score (nSPS) is 11.8. The number of hydrogen-bond donors (Lipinski definition) is 1. The Bertz CT molecular complexity index is 549. The molecule has 0 fully saturated rings. The molecule has 0 saturated carbocycles. The maximum Gasteiger partial charge on any atom is 0.446 e. The number of rotatable bonds is 5. The molecule has 1 aromatic carbocycles. The predicted octanol–water partition coefficient (Wildman–Crippen LogP) is 4.53. The molecule has 0 saturated heterocycles. The first kappa shape index (κ1) is 15.3. The van der Waals surface area contributed by atoms with Crippen molar-refractivity contribution in [1.82, 2.24) is 10.3 Å². The Balaban J connectivity index is 2.07. The smallest absolute Gasteiger partial charge is 0.311 e. The van der Waals surface area contributed by atoms with Crippen molar-refractivity contribution in [3.05, 3.63) is 35.3 Å². The zero-order valence-corrected chi connectivity index (χ0v) is 12.3. The molecule has 2 rings (SSSR count). The van der Waals surface area contributed by atoms with Crippen molar-refractivity contribution < 1.29 is 13.2 Å². The lowest BCUT2D eigenvalue weighted by atomic mass is 10.2. The number of halogens is 3. The number of nitrogens with one attached hydrogen (secondary N) is 1. The average molecular weight is 318 g/mol. The van der Waals surface area contributed by atoms with E-state index in [-0.39, 0.29) is 16.7 Å². The molecule has 2 aromatic rings. The van der Waals surface area contributed by atoms with E-state index in [9.17, 15) is 13.2 Å². The van der Waals surface area contributed by atoms with Gasteiger partial charge >= 0.3 is 5.51 Å². The molecule has 1 N–H and O–H groups in total. The van der Waals surface area contributed by atoms with Crippen LogP contribution in [0.3, 0.4) is 0 Å². The molecule has 0 radical (unpaired) electrons. The summed E-state index contributed by atoms with van der Waals surface area (Å²) >= 11 is 1.39. The molecule has 7 heteroatoms. The minimum atomic E-state index is -4.25. The third kappa shape index (κ3) is 4.50. The van der Waals surface area contributed by atoms with Crippen LogP contribution in [0.2, 0.25) is 0 Å². The third-order valence-electron chi connectivity index (χ3n) is 2.44. The zero-order valence-electron chi connectivity index (χ0n) is 10.7. The van der Waals surface area contributed by atoms with Crippen LogP contribution < -0.4 is 5.32 Å². The Kier molecular flexibility index (Phi) is 5.06. The highest BCUT2D eigenvalue weighted by atomic mass is 32.2. The summed E-state index contributed by atoms with van der Waals surface area (Å²) in [4.78, 5) is 4.64. The molecular weight excluding hydrogens is 305 g/mol. The van der Waals surface area contributed by atoms with Crippen LogP contribution in [0.4, 0.5) is 13.2 Å². The summed E-state index contributed by atoms with van der Waals surface area (Å²) in [6.07, 6.45) is 0. The van der Waals surface area contributed by atoms with Gasteiger partial charge in [0.25, 0.3) is 0 Å². The topological polar surface area (TPSA) is 24.9 Å². The maximum absolute atomic E-state index is 12.2. The zero-order chi connectivity index (χ0) is 14.6. The number of aromatic nitrogens is 1. The van der Waals surface area contributed by atoms with Crippen LogP contribution in [-0.2, 0) is 6.54 Å². The van der Waals surface area contributed by atoms with Crippen molar-refractivity contribution in [2.24, 2.45) is 0 Å². The molecule has 108 valence electrons. The monoisotopic (exact) mass is 318 g/mol. The van der Waals surface area contributed by atoms with Crippen molar-refractivity contribution >= 4 is 23.1 Å². The van der Waals surface area contributed by atoms with Crippen LogP contribution in [0.5, 0.6) is 0 Å². The summed E-state index contributed by atoms with van der Waals surface area (Å²) in [6, 6.07) is 6.28. The number of benzene rings is 1. The van der Waals surface area contributed by atoms with Crippen LogP contribution >= 0.6 is 23.1 Å². The minimum Gasteiger partial charge on any atom is -0.311 e. The second-order valence-electron chi connectivity index (χ2n) is 4.00. The minimum absolute atomic E-state index is 0.106. The van der Waals surface area contributed by atoms with Crippen LogP contribution in [0, 0.1) is 0 Å². The number of thioether (sulfide) groups is 1. The Morgan fingerprint density at radius 2 is 1.95 bits per heavy atom. The first-order chi connectivity index (χ1) is 9.48. The van der Waals surface area contributed by atoms with Crippen molar-refractivity contribution in [3.63, 3.8) is 0 Å². The lowest BCUT2D eigenvalue weighted by Gasteiger charge is -2.05. The fourth-order valence-electron chi connectivity index (χ4n) is 1.57. The predicted molar refractivity (Wildman–Crippen MR) is 76.8 cm³/mol. The van der Waals surface area contributed by atoms with E-state index >= 15 is 0 Å². The van der Waals surface area contributed by atoms with Gasteiger partial charge in [-0.25, -0.2) is 4.98 Å². The summed E-state index contributed by atoms with van der Waals surface area (Å²) in [5.41, 5.74) is -2.47. The van der Waals surface area contributed by atoms with Crippen LogP contribution in [0.15, 0.2) is 34.5 Å². The highest BCUT2D eigenvalue weighted by Gasteiger charge is 2.29. The Morgan fingerprint density at radius 3 is 2.55 bits per heavy atom. The molecular formula is C13H13F3N2S2. The second kappa shape index (κ2) is 6.60. The molecule has 0 bridgehead atoms. The van der Waals surface area contributed by atoms with Gasteiger partial charge in [0.15, 0.2) is 0 Å². The summed E-state index contributed by atoms with van der Waals surface area (Å²) in [5, 5.41) is 5.96. The molecule has 1 heterocycles. The van der Waals surface area contributed by atoms with Gasteiger partial charge in [0.2, 0.25) is 0 Å². The maximum atomic E-state index is 12.2. The van der Waals surface area contributed by atoms with Gasteiger partial charge in [-0.15, -0.1) is 11.3 Å². The van der Waals surface area contributed by atoms with Gasteiger partial charge in [-0.2, -0.15) is 13.2 Å². The molecule has 2 nitrogen and oxygen atoms in total. The molecule has 0 atom stereocenters. The number of alkyl halides is 3. The number of hydrogen-bond acceptors (Lipinski definition) is 4. The largest absolute Gasteiger partial charge is 0.446 e. The SMILES string of the molecule is CCNCc1csc(-c2ccc(SC(F)(F)F)cc2)n1. The third-order valence-corrected chi connectivity index (χ3v) is 4.12. The molecule has 1 aromatic heterocycles. The first-order valence-corrected chi connectivity index (χ1v) is 7.69. The molecule has 0 amide bonds. The second-order valence-corrected chi connectivity index (χ2v) is 5.99. The van der Waals surface area contributed by atoms with E-state index in [0.717, 1.165) is 22.8 Å². The van der Waals surface area contributed by atoms with Gasteiger partial charge < -0.3 is 5.32 Å². The Hall–Kier alpha value is -1.05.